The minimum atomic E-state index is 0.504. The van der Waals surface area contributed by atoms with Crippen LogP contribution >= 0.6 is 0 Å². The van der Waals surface area contributed by atoms with Gasteiger partial charge in [0.05, 0.1) is 6.54 Å². The van der Waals surface area contributed by atoms with Gasteiger partial charge in [-0.15, -0.1) is 0 Å². The lowest BCUT2D eigenvalue weighted by atomic mass is 10.2. The molecule has 0 aromatic heterocycles. The topological polar surface area (TPSA) is 38.3 Å². The third kappa shape index (κ3) is 3.15. The number of rotatable bonds is 5. The molecular formula is C10H13NO2. The zero-order valence-electron chi connectivity index (χ0n) is 7.62. The molecule has 1 aromatic rings. The number of amides is 1. The normalized spacial score (nSPS) is 9.31. The molecule has 0 saturated heterocycles. The van der Waals surface area contributed by atoms with Crippen LogP contribution in [0.3, 0.4) is 0 Å². The molecule has 1 aromatic carbocycles. The summed E-state index contributed by atoms with van der Waals surface area (Å²) in [6.07, 6.45) is 0.668. The van der Waals surface area contributed by atoms with Crippen LogP contribution in [0.15, 0.2) is 24.3 Å². The maximum absolute atomic E-state index is 9.92. The first-order chi connectivity index (χ1) is 6.34. The highest BCUT2D eigenvalue weighted by Gasteiger charge is 1.95. The van der Waals surface area contributed by atoms with E-state index in [9.17, 15) is 4.79 Å². The van der Waals surface area contributed by atoms with E-state index in [1.807, 2.05) is 31.2 Å². The Kier molecular flexibility index (Phi) is 3.82. The molecule has 1 amide bonds. The SMILES string of the molecule is Cc1ccccc1OCCNC=O. The van der Waals surface area contributed by atoms with Gasteiger partial charge in [0, 0.05) is 0 Å². The molecule has 0 heterocycles. The molecular weight excluding hydrogens is 166 g/mol. The Morgan fingerprint density at radius 3 is 2.92 bits per heavy atom. The van der Waals surface area contributed by atoms with Crippen LogP contribution in [0, 0.1) is 6.92 Å². The van der Waals surface area contributed by atoms with Crippen molar-refractivity contribution in [3.8, 4) is 5.75 Å². The Morgan fingerprint density at radius 1 is 1.46 bits per heavy atom. The summed E-state index contributed by atoms with van der Waals surface area (Å²) in [5.74, 6) is 0.871. The zero-order chi connectivity index (χ0) is 9.52. The van der Waals surface area contributed by atoms with Gasteiger partial charge in [-0.25, -0.2) is 0 Å². The lowest BCUT2D eigenvalue weighted by Crippen LogP contribution is -2.19. The van der Waals surface area contributed by atoms with E-state index in [0.717, 1.165) is 11.3 Å². The Hall–Kier alpha value is -1.51. The number of para-hydroxylation sites is 1. The lowest BCUT2D eigenvalue weighted by molar-refractivity contribution is -0.109. The Balaban J connectivity index is 2.36. The van der Waals surface area contributed by atoms with Gasteiger partial charge in [-0.2, -0.15) is 0 Å². The number of benzene rings is 1. The maximum Gasteiger partial charge on any atom is 0.207 e. The van der Waals surface area contributed by atoms with Crippen LogP contribution < -0.4 is 10.1 Å². The van der Waals surface area contributed by atoms with Crippen molar-refractivity contribution < 1.29 is 9.53 Å². The molecule has 0 unspecified atom stereocenters. The summed E-state index contributed by atoms with van der Waals surface area (Å²) in [7, 11) is 0. The minimum Gasteiger partial charge on any atom is -0.491 e. The predicted molar refractivity (Wildman–Crippen MR) is 50.7 cm³/mol. The van der Waals surface area contributed by atoms with Crippen LogP contribution in [-0.4, -0.2) is 19.6 Å². The van der Waals surface area contributed by atoms with Gasteiger partial charge in [-0.3, -0.25) is 4.79 Å². The van der Waals surface area contributed by atoms with Crippen LogP contribution in [0.5, 0.6) is 5.75 Å². The second-order valence-corrected chi connectivity index (χ2v) is 2.69. The number of carbonyl (C=O) groups excluding carboxylic acids is 1. The molecule has 70 valence electrons. The molecule has 0 aliphatic carbocycles. The number of aryl methyl sites for hydroxylation is 1. The van der Waals surface area contributed by atoms with Crippen LogP contribution in [0.1, 0.15) is 5.56 Å². The summed E-state index contributed by atoms with van der Waals surface area (Å²) in [6.45, 7) is 3.03. The number of ether oxygens (including phenoxy) is 1. The third-order valence-electron chi connectivity index (χ3n) is 1.68. The highest BCUT2D eigenvalue weighted by atomic mass is 16.5. The number of hydrogen-bond donors (Lipinski definition) is 1. The average molecular weight is 179 g/mol. The number of carbonyl (C=O) groups is 1. The van der Waals surface area contributed by atoms with Gasteiger partial charge in [0.25, 0.3) is 0 Å². The van der Waals surface area contributed by atoms with E-state index < -0.39 is 0 Å². The van der Waals surface area contributed by atoms with Crippen molar-refractivity contribution in [2.45, 2.75) is 6.92 Å². The fraction of sp³-hybridized carbons (Fsp3) is 0.300. The Morgan fingerprint density at radius 2 is 2.23 bits per heavy atom. The van der Waals surface area contributed by atoms with Gasteiger partial charge >= 0.3 is 0 Å². The molecule has 3 nitrogen and oxygen atoms in total. The highest BCUT2D eigenvalue weighted by molar-refractivity contribution is 5.45. The fourth-order valence-corrected chi connectivity index (χ4v) is 0.997. The van der Waals surface area contributed by atoms with Gasteiger partial charge < -0.3 is 10.1 Å². The molecule has 0 saturated carbocycles. The van der Waals surface area contributed by atoms with Crippen molar-refractivity contribution in [3.63, 3.8) is 0 Å². The largest absolute Gasteiger partial charge is 0.491 e. The van der Waals surface area contributed by atoms with Gasteiger partial charge in [0.2, 0.25) is 6.41 Å². The van der Waals surface area contributed by atoms with E-state index in [1.54, 1.807) is 0 Å². The maximum atomic E-state index is 9.92. The predicted octanol–water partition coefficient (Wildman–Crippen LogP) is 1.12. The quantitative estimate of drug-likeness (QED) is 0.543. The molecule has 1 N–H and O–H groups in total. The molecule has 0 radical (unpaired) electrons. The van der Waals surface area contributed by atoms with Crippen molar-refractivity contribution in [1.29, 1.82) is 0 Å². The lowest BCUT2D eigenvalue weighted by Gasteiger charge is -2.07. The second kappa shape index (κ2) is 5.19. The highest BCUT2D eigenvalue weighted by Crippen LogP contribution is 2.15. The summed E-state index contributed by atoms with van der Waals surface area (Å²) in [5, 5.41) is 2.53. The van der Waals surface area contributed by atoms with Crippen LogP contribution in [0.4, 0.5) is 0 Å². The Bertz CT molecular complexity index is 273. The van der Waals surface area contributed by atoms with Crippen molar-refractivity contribution in [3.05, 3.63) is 29.8 Å². The Labute approximate surface area is 77.7 Å². The van der Waals surface area contributed by atoms with Gasteiger partial charge in [0.1, 0.15) is 12.4 Å². The van der Waals surface area contributed by atoms with E-state index in [1.165, 1.54) is 0 Å². The standard InChI is InChI=1S/C10H13NO2/c1-9-4-2-3-5-10(9)13-7-6-11-8-12/h2-5,8H,6-7H2,1H3,(H,11,12). The number of hydrogen-bond acceptors (Lipinski definition) is 2. The summed E-state index contributed by atoms with van der Waals surface area (Å²) < 4.78 is 5.42. The molecule has 0 aliphatic rings. The second-order valence-electron chi connectivity index (χ2n) is 2.69. The monoisotopic (exact) mass is 179 g/mol. The number of nitrogens with one attached hydrogen (secondary N) is 1. The van der Waals surface area contributed by atoms with Crippen molar-refractivity contribution in [2.75, 3.05) is 13.2 Å². The smallest absolute Gasteiger partial charge is 0.207 e. The summed E-state index contributed by atoms with van der Waals surface area (Å²) in [5.41, 5.74) is 1.11. The van der Waals surface area contributed by atoms with Crippen molar-refractivity contribution in [1.82, 2.24) is 5.32 Å². The van der Waals surface area contributed by atoms with E-state index in [2.05, 4.69) is 5.32 Å². The van der Waals surface area contributed by atoms with Crippen LogP contribution in [0.2, 0.25) is 0 Å². The van der Waals surface area contributed by atoms with E-state index in [-0.39, 0.29) is 0 Å². The summed E-state index contributed by atoms with van der Waals surface area (Å²) in [4.78, 5) is 9.92. The van der Waals surface area contributed by atoms with Gasteiger partial charge in [0.15, 0.2) is 0 Å². The fourth-order valence-electron chi connectivity index (χ4n) is 0.997. The average Bonchev–Trinajstić information content (AvgIpc) is 2.15. The molecule has 13 heavy (non-hydrogen) atoms. The summed E-state index contributed by atoms with van der Waals surface area (Å²) >= 11 is 0. The van der Waals surface area contributed by atoms with Crippen molar-refractivity contribution >= 4 is 6.41 Å². The van der Waals surface area contributed by atoms with Gasteiger partial charge in [-0.1, -0.05) is 18.2 Å². The van der Waals surface area contributed by atoms with E-state index in [4.69, 9.17) is 4.74 Å². The zero-order valence-corrected chi connectivity index (χ0v) is 7.62. The first-order valence-corrected chi connectivity index (χ1v) is 4.20. The van der Waals surface area contributed by atoms with Gasteiger partial charge in [-0.05, 0) is 18.6 Å². The molecule has 3 heteroatoms. The molecule has 0 aliphatic heterocycles. The first-order valence-electron chi connectivity index (χ1n) is 4.20. The molecule has 1 rings (SSSR count). The first kappa shape index (κ1) is 9.58. The van der Waals surface area contributed by atoms with Crippen molar-refractivity contribution in [2.24, 2.45) is 0 Å². The molecule has 0 spiro atoms. The van der Waals surface area contributed by atoms with Crippen LogP contribution in [0.25, 0.3) is 0 Å². The van der Waals surface area contributed by atoms with E-state index in [0.29, 0.717) is 19.6 Å². The minimum absolute atomic E-state index is 0.504. The van der Waals surface area contributed by atoms with E-state index >= 15 is 0 Å². The summed E-state index contributed by atoms with van der Waals surface area (Å²) in [6, 6.07) is 7.79. The third-order valence-corrected chi connectivity index (χ3v) is 1.68. The van der Waals surface area contributed by atoms with Crippen LogP contribution in [-0.2, 0) is 4.79 Å². The molecule has 0 fully saturated rings. The molecule has 0 bridgehead atoms. The molecule has 0 atom stereocenters.